The van der Waals surface area contributed by atoms with Crippen LogP contribution in [0.15, 0.2) is 0 Å². The Bertz CT molecular complexity index is 263. The van der Waals surface area contributed by atoms with Gasteiger partial charge < -0.3 is 10.2 Å². The maximum atomic E-state index is 11.2. The van der Waals surface area contributed by atoms with Crippen molar-refractivity contribution in [3.05, 3.63) is 0 Å². The summed E-state index contributed by atoms with van der Waals surface area (Å²) in [7, 11) is -0.622. The lowest BCUT2D eigenvalue weighted by atomic mass is 10.1. The van der Waals surface area contributed by atoms with Crippen LogP contribution in [0.5, 0.6) is 0 Å². The summed E-state index contributed by atoms with van der Waals surface area (Å²) < 4.78 is 22.4. The van der Waals surface area contributed by atoms with Gasteiger partial charge >= 0.3 is 0 Å². The van der Waals surface area contributed by atoms with E-state index >= 15 is 0 Å². The largest absolute Gasteiger partial charge is 0.313 e. The first kappa shape index (κ1) is 12.9. The van der Waals surface area contributed by atoms with Gasteiger partial charge in [0.2, 0.25) is 0 Å². The Morgan fingerprint density at radius 1 is 1.33 bits per heavy atom. The number of rotatable bonds is 5. The molecule has 1 aliphatic rings. The zero-order valence-electron chi connectivity index (χ0n) is 9.70. The maximum absolute atomic E-state index is 11.2. The molecule has 0 bridgehead atoms. The molecule has 0 aromatic heterocycles. The van der Waals surface area contributed by atoms with E-state index in [1.54, 1.807) is 0 Å². The van der Waals surface area contributed by atoms with E-state index < -0.39 is 9.84 Å². The Labute approximate surface area is 93.0 Å². The van der Waals surface area contributed by atoms with Gasteiger partial charge in [-0.05, 0) is 26.4 Å². The average molecular weight is 234 g/mol. The van der Waals surface area contributed by atoms with Gasteiger partial charge in [0.05, 0.1) is 11.5 Å². The highest BCUT2D eigenvalue weighted by Crippen LogP contribution is 2.11. The third-order valence-electron chi connectivity index (χ3n) is 3.02. The molecule has 0 aromatic rings. The van der Waals surface area contributed by atoms with Gasteiger partial charge in [-0.1, -0.05) is 6.92 Å². The topological polar surface area (TPSA) is 49.4 Å². The molecule has 4 nitrogen and oxygen atoms in total. The van der Waals surface area contributed by atoms with Gasteiger partial charge in [-0.2, -0.15) is 0 Å². The number of likely N-dealkylation sites (N-methyl/N-ethyl adjacent to an activating group) is 1. The fraction of sp³-hybridized carbons (Fsp3) is 1.00. The van der Waals surface area contributed by atoms with Crippen molar-refractivity contribution in [1.82, 2.24) is 10.2 Å². The van der Waals surface area contributed by atoms with Gasteiger partial charge in [-0.15, -0.1) is 0 Å². The number of nitrogens with one attached hydrogen (secondary N) is 1. The second-order valence-corrected chi connectivity index (χ2v) is 6.58. The van der Waals surface area contributed by atoms with Crippen molar-refractivity contribution in [2.75, 3.05) is 38.2 Å². The number of hydrogen-bond acceptors (Lipinski definition) is 4. The second-order valence-electron chi connectivity index (χ2n) is 4.28. The van der Waals surface area contributed by atoms with E-state index in [1.165, 1.54) is 0 Å². The lowest BCUT2D eigenvalue weighted by molar-refractivity contribution is 0.334. The first-order chi connectivity index (χ1) is 7.03. The average Bonchev–Trinajstić information content (AvgIpc) is 2.20. The molecule has 1 rings (SSSR count). The van der Waals surface area contributed by atoms with Crippen molar-refractivity contribution in [1.29, 1.82) is 0 Å². The smallest absolute Gasteiger partial charge is 0.150 e. The third-order valence-corrected chi connectivity index (χ3v) is 4.74. The van der Waals surface area contributed by atoms with Crippen LogP contribution in [-0.4, -0.2) is 57.5 Å². The van der Waals surface area contributed by atoms with E-state index in [2.05, 4.69) is 24.2 Å². The molecule has 1 N–H and O–H groups in total. The van der Waals surface area contributed by atoms with Crippen LogP contribution in [0, 0.1) is 0 Å². The summed E-state index contributed by atoms with van der Waals surface area (Å²) >= 11 is 0. The molecule has 0 amide bonds. The molecule has 1 fully saturated rings. The van der Waals surface area contributed by atoms with Crippen molar-refractivity contribution in [3.63, 3.8) is 0 Å². The van der Waals surface area contributed by atoms with Crippen molar-refractivity contribution in [2.45, 2.75) is 25.8 Å². The lowest BCUT2D eigenvalue weighted by Crippen LogP contribution is -2.40. The number of hydrogen-bond donors (Lipinski definition) is 1. The van der Waals surface area contributed by atoms with Gasteiger partial charge in [0.1, 0.15) is 9.84 Å². The van der Waals surface area contributed by atoms with E-state index in [-0.39, 0.29) is 0 Å². The first-order valence-corrected chi connectivity index (χ1v) is 7.48. The molecule has 0 aromatic carbocycles. The Balaban J connectivity index is 2.14. The van der Waals surface area contributed by atoms with Gasteiger partial charge in [0.25, 0.3) is 0 Å². The van der Waals surface area contributed by atoms with Gasteiger partial charge in [0.15, 0.2) is 0 Å². The van der Waals surface area contributed by atoms with E-state index in [4.69, 9.17) is 0 Å². The minimum Gasteiger partial charge on any atom is -0.313 e. The Kier molecular flexibility index (Phi) is 5.02. The van der Waals surface area contributed by atoms with Crippen LogP contribution < -0.4 is 5.32 Å². The van der Waals surface area contributed by atoms with E-state index in [1.807, 2.05) is 0 Å². The highest BCUT2D eigenvalue weighted by molar-refractivity contribution is 7.91. The van der Waals surface area contributed by atoms with Crippen LogP contribution in [0.4, 0.5) is 0 Å². The first-order valence-electron chi connectivity index (χ1n) is 5.66. The minimum atomic E-state index is -2.71. The van der Waals surface area contributed by atoms with Crippen LogP contribution in [-0.2, 0) is 9.84 Å². The highest BCUT2D eigenvalue weighted by atomic mass is 32.2. The summed E-state index contributed by atoms with van der Waals surface area (Å²) in [5.74, 6) is 0.711. The Hall–Kier alpha value is -0.130. The maximum Gasteiger partial charge on any atom is 0.150 e. The lowest BCUT2D eigenvalue weighted by Gasteiger charge is -2.24. The molecule has 1 saturated heterocycles. The normalized spacial score (nSPS) is 22.1. The number of sulfone groups is 1. The molecule has 0 unspecified atom stereocenters. The second kappa shape index (κ2) is 5.82. The molecule has 0 aliphatic carbocycles. The van der Waals surface area contributed by atoms with Gasteiger partial charge in [-0.3, -0.25) is 0 Å². The molecule has 90 valence electrons. The van der Waals surface area contributed by atoms with Crippen LogP contribution in [0.3, 0.4) is 0 Å². The van der Waals surface area contributed by atoms with Gasteiger partial charge in [-0.25, -0.2) is 8.42 Å². The monoisotopic (exact) mass is 234 g/mol. The zero-order chi connectivity index (χ0) is 11.3. The van der Waals surface area contributed by atoms with Crippen molar-refractivity contribution in [2.24, 2.45) is 0 Å². The summed E-state index contributed by atoms with van der Waals surface area (Å²) in [6, 6.07) is 0.402. The van der Waals surface area contributed by atoms with Crippen molar-refractivity contribution < 1.29 is 8.42 Å². The highest BCUT2D eigenvalue weighted by Gasteiger charge is 2.22. The molecular formula is C10H22N2O2S. The molecule has 0 radical (unpaired) electrons. The van der Waals surface area contributed by atoms with Crippen molar-refractivity contribution in [3.8, 4) is 0 Å². The molecule has 0 spiro atoms. The Morgan fingerprint density at radius 2 is 1.93 bits per heavy atom. The SMILES string of the molecule is CCN(C)CCNC1CCS(=O)(=O)CC1. The summed E-state index contributed by atoms with van der Waals surface area (Å²) in [5.41, 5.74) is 0. The Morgan fingerprint density at radius 3 is 2.47 bits per heavy atom. The third kappa shape index (κ3) is 4.95. The van der Waals surface area contributed by atoms with E-state index in [0.717, 1.165) is 32.5 Å². The fourth-order valence-corrected chi connectivity index (χ4v) is 3.20. The number of nitrogens with zero attached hydrogens (tertiary/aromatic N) is 1. The molecule has 0 atom stereocenters. The summed E-state index contributed by atoms with van der Waals surface area (Å²) in [4.78, 5) is 2.24. The minimum absolute atomic E-state index is 0.355. The predicted octanol–water partition coefficient (Wildman–Crippen LogP) is 0.105. The quantitative estimate of drug-likeness (QED) is 0.733. The fourth-order valence-electron chi connectivity index (χ4n) is 1.71. The standard InChI is InChI=1S/C10H22N2O2S/c1-3-12(2)7-6-11-10-4-8-15(13,14)9-5-10/h10-11H,3-9H2,1-2H3. The summed E-state index contributed by atoms with van der Waals surface area (Å²) in [5, 5.41) is 3.42. The van der Waals surface area contributed by atoms with E-state index in [9.17, 15) is 8.42 Å². The van der Waals surface area contributed by atoms with Crippen LogP contribution >= 0.6 is 0 Å². The molecule has 0 saturated carbocycles. The predicted molar refractivity (Wildman–Crippen MR) is 62.8 cm³/mol. The molecule has 1 heterocycles. The van der Waals surface area contributed by atoms with E-state index in [0.29, 0.717) is 17.5 Å². The van der Waals surface area contributed by atoms with Gasteiger partial charge in [0, 0.05) is 19.1 Å². The molecule has 1 aliphatic heterocycles. The molecular weight excluding hydrogens is 212 g/mol. The summed E-state index contributed by atoms with van der Waals surface area (Å²) in [6.07, 6.45) is 1.55. The summed E-state index contributed by atoms with van der Waals surface area (Å²) in [6.45, 7) is 5.17. The van der Waals surface area contributed by atoms with Crippen molar-refractivity contribution >= 4 is 9.84 Å². The molecule has 15 heavy (non-hydrogen) atoms. The van der Waals surface area contributed by atoms with Crippen LogP contribution in [0.1, 0.15) is 19.8 Å². The molecule has 5 heteroatoms. The zero-order valence-corrected chi connectivity index (χ0v) is 10.5. The van der Waals surface area contributed by atoms with Crippen LogP contribution in [0.2, 0.25) is 0 Å². The van der Waals surface area contributed by atoms with Crippen LogP contribution in [0.25, 0.3) is 0 Å².